The molecule has 0 fully saturated rings. The molecule has 1 atom stereocenters. The lowest BCUT2D eigenvalue weighted by Gasteiger charge is -2.32. The SMILES string of the molecule is Cc1cc(N2CC=Cc3cc(F)c(F)cc3C2)cc(C)c1C(C(N)=O)C(C)(C)C. The van der Waals surface area contributed by atoms with E-state index < -0.39 is 17.6 Å². The molecule has 0 saturated carbocycles. The molecule has 154 valence electrons. The van der Waals surface area contributed by atoms with Crippen molar-refractivity contribution in [1.29, 1.82) is 0 Å². The number of benzene rings is 2. The number of fused-ring (bicyclic) bond motifs is 1. The quantitative estimate of drug-likeness (QED) is 0.769. The summed E-state index contributed by atoms with van der Waals surface area (Å²) in [5, 5.41) is 0. The van der Waals surface area contributed by atoms with Gasteiger partial charge in [-0.25, -0.2) is 8.78 Å². The number of hydrogen-bond acceptors (Lipinski definition) is 2. The molecule has 3 rings (SSSR count). The first-order valence-electron chi connectivity index (χ1n) is 9.79. The Kier molecular flexibility index (Phi) is 5.52. The second kappa shape index (κ2) is 7.62. The average Bonchev–Trinajstić information content (AvgIpc) is 2.79. The molecule has 2 aromatic carbocycles. The molecule has 2 N–H and O–H groups in total. The number of rotatable bonds is 3. The van der Waals surface area contributed by atoms with Crippen molar-refractivity contribution < 1.29 is 13.6 Å². The van der Waals surface area contributed by atoms with Gasteiger partial charge in [-0.3, -0.25) is 4.79 Å². The molecule has 1 amide bonds. The first kappa shape index (κ1) is 21.0. The van der Waals surface area contributed by atoms with E-state index in [1.165, 1.54) is 12.1 Å². The number of carbonyl (C=O) groups is 1. The van der Waals surface area contributed by atoms with Crippen molar-refractivity contribution in [2.45, 2.75) is 47.1 Å². The summed E-state index contributed by atoms with van der Waals surface area (Å²) in [4.78, 5) is 14.3. The molecular formula is C24H28F2N2O. The van der Waals surface area contributed by atoms with Crippen LogP contribution in [-0.4, -0.2) is 12.5 Å². The zero-order chi connectivity index (χ0) is 21.5. The van der Waals surface area contributed by atoms with Crippen molar-refractivity contribution >= 4 is 17.7 Å². The Morgan fingerprint density at radius 1 is 1.07 bits per heavy atom. The van der Waals surface area contributed by atoms with E-state index in [9.17, 15) is 13.6 Å². The van der Waals surface area contributed by atoms with Gasteiger partial charge in [0.2, 0.25) is 5.91 Å². The summed E-state index contributed by atoms with van der Waals surface area (Å²) in [6, 6.07) is 6.60. The van der Waals surface area contributed by atoms with Crippen LogP contribution in [0.2, 0.25) is 0 Å². The maximum atomic E-state index is 13.8. The zero-order valence-corrected chi connectivity index (χ0v) is 17.6. The second-order valence-electron chi connectivity index (χ2n) is 8.94. The Bertz CT molecular complexity index is 966. The molecule has 0 spiro atoms. The topological polar surface area (TPSA) is 46.3 Å². The standard InChI is InChI=1S/C24H28F2N2O/c1-14-9-18(10-15(2)21(14)22(23(27)29)24(3,4)5)28-8-6-7-16-11-19(25)20(26)12-17(16)13-28/h6-7,9-12,22H,8,13H2,1-5H3,(H2,27,29). The van der Waals surface area contributed by atoms with Gasteiger partial charge in [0.05, 0.1) is 5.92 Å². The second-order valence-corrected chi connectivity index (χ2v) is 8.94. The van der Waals surface area contributed by atoms with Crippen LogP contribution in [-0.2, 0) is 11.3 Å². The molecule has 2 aromatic rings. The number of nitrogens with zero attached hydrogens (tertiary/aromatic N) is 1. The fourth-order valence-electron chi connectivity index (χ4n) is 4.26. The van der Waals surface area contributed by atoms with Gasteiger partial charge in [0, 0.05) is 18.8 Å². The summed E-state index contributed by atoms with van der Waals surface area (Å²) in [6.45, 7) is 11.1. The Morgan fingerprint density at radius 3 is 2.21 bits per heavy atom. The maximum Gasteiger partial charge on any atom is 0.225 e. The highest BCUT2D eigenvalue weighted by molar-refractivity contribution is 5.84. The van der Waals surface area contributed by atoms with Gasteiger partial charge in [-0.1, -0.05) is 32.9 Å². The van der Waals surface area contributed by atoms with Crippen molar-refractivity contribution in [1.82, 2.24) is 0 Å². The number of carbonyl (C=O) groups excluding carboxylic acids is 1. The van der Waals surface area contributed by atoms with Crippen molar-refractivity contribution in [2.75, 3.05) is 11.4 Å². The number of halogens is 2. The molecule has 1 unspecified atom stereocenters. The molecule has 0 aromatic heterocycles. The monoisotopic (exact) mass is 398 g/mol. The third-order valence-electron chi connectivity index (χ3n) is 5.55. The predicted octanol–water partition coefficient (Wildman–Crippen LogP) is 5.23. The van der Waals surface area contributed by atoms with Gasteiger partial charge in [0.25, 0.3) is 0 Å². The highest BCUT2D eigenvalue weighted by Crippen LogP contribution is 2.40. The minimum Gasteiger partial charge on any atom is -0.369 e. The smallest absolute Gasteiger partial charge is 0.225 e. The molecule has 1 aliphatic heterocycles. The number of amides is 1. The van der Waals surface area contributed by atoms with Gasteiger partial charge in [-0.15, -0.1) is 0 Å². The molecular weight excluding hydrogens is 370 g/mol. The van der Waals surface area contributed by atoms with Crippen LogP contribution in [0.15, 0.2) is 30.3 Å². The first-order chi connectivity index (χ1) is 13.5. The van der Waals surface area contributed by atoms with Crippen molar-refractivity contribution in [3.63, 3.8) is 0 Å². The van der Waals surface area contributed by atoms with E-state index in [0.29, 0.717) is 18.7 Å². The van der Waals surface area contributed by atoms with Crippen LogP contribution in [0.4, 0.5) is 14.5 Å². The van der Waals surface area contributed by atoms with Crippen LogP contribution >= 0.6 is 0 Å². The summed E-state index contributed by atoms with van der Waals surface area (Å²) < 4.78 is 27.4. The van der Waals surface area contributed by atoms with Crippen LogP contribution in [0.5, 0.6) is 0 Å². The first-order valence-corrected chi connectivity index (χ1v) is 9.79. The lowest BCUT2D eigenvalue weighted by Crippen LogP contribution is -2.33. The lowest BCUT2D eigenvalue weighted by atomic mass is 9.73. The van der Waals surface area contributed by atoms with E-state index in [1.54, 1.807) is 0 Å². The highest BCUT2D eigenvalue weighted by atomic mass is 19.2. The van der Waals surface area contributed by atoms with E-state index in [4.69, 9.17) is 5.73 Å². The average molecular weight is 398 g/mol. The lowest BCUT2D eigenvalue weighted by molar-refractivity contribution is -0.121. The highest BCUT2D eigenvalue weighted by Gasteiger charge is 2.33. The fraction of sp³-hybridized carbons (Fsp3) is 0.375. The molecule has 29 heavy (non-hydrogen) atoms. The van der Waals surface area contributed by atoms with E-state index in [-0.39, 0.29) is 11.3 Å². The molecule has 0 aliphatic carbocycles. The number of hydrogen-bond donors (Lipinski definition) is 1. The summed E-state index contributed by atoms with van der Waals surface area (Å²) >= 11 is 0. The Morgan fingerprint density at radius 2 is 1.66 bits per heavy atom. The van der Waals surface area contributed by atoms with Gasteiger partial charge in [0.1, 0.15) is 0 Å². The van der Waals surface area contributed by atoms with Gasteiger partial charge in [-0.05, 0) is 71.3 Å². The molecule has 0 saturated heterocycles. The Balaban J connectivity index is 2.01. The third-order valence-corrected chi connectivity index (χ3v) is 5.55. The molecule has 1 heterocycles. The Hall–Kier alpha value is -2.69. The molecule has 5 heteroatoms. The van der Waals surface area contributed by atoms with Crippen LogP contribution in [0.1, 0.15) is 54.5 Å². The van der Waals surface area contributed by atoms with Crippen molar-refractivity contribution in [3.05, 3.63) is 69.8 Å². The van der Waals surface area contributed by atoms with Crippen molar-refractivity contribution in [2.24, 2.45) is 11.1 Å². The number of nitrogens with two attached hydrogens (primary N) is 1. The normalized spacial score (nSPS) is 15.1. The number of aryl methyl sites for hydroxylation is 2. The van der Waals surface area contributed by atoms with E-state index >= 15 is 0 Å². The fourth-order valence-corrected chi connectivity index (χ4v) is 4.26. The summed E-state index contributed by atoms with van der Waals surface area (Å²) in [6.07, 6.45) is 3.78. The summed E-state index contributed by atoms with van der Waals surface area (Å²) in [7, 11) is 0. The van der Waals surface area contributed by atoms with E-state index in [0.717, 1.165) is 27.9 Å². The largest absolute Gasteiger partial charge is 0.369 e. The van der Waals surface area contributed by atoms with Gasteiger partial charge in [0.15, 0.2) is 11.6 Å². The predicted molar refractivity (Wildman–Crippen MR) is 114 cm³/mol. The van der Waals surface area contributed by atoms with Crippen LogP contribution in [0.25, 0.3) is 6.08 Å². The van der Waals surface area contributed by atoms with E-state index in [1.807, 2.05) is 58.9 Å². The van der Waals surface area contributed by atoms with Crippen molar-refractivity contribution in [3.8, 4) is 0 Å². The third kappa shape index (κ3) is 4.19. The molecule has 0 bridgehead atoms. The number of primary amides is 1. The van der Waals surface area contributed by atoms with E-state index in [2.05, 4.69) is 4.90 Å². The molecule has 0 radical (unpaired) electrons. The summed E-state index contributed by atoms with van der Waals surface area (Å²) in [5.74, 6) is -2.40. The van der Waals surface area contributed by atoms with Crippen LogP contribution < -0.4 is 10.6 Å². The van der Waals surface area contributed by atoms with Gasteiger partial charge < -0.3 is 10.6 Å². The number of anilines is 1. The minimum atomic E-state index is -0.837. The van der Waals surface area contributed by atoms with Crippen LogP contribution in [0, 0.1) is 30.9 Å². The zero-order valence-electron chi connectivity index (χ0n) is 17.6. The van der Waals surface area contributed by atoms with Crippen LogP contribution in [0.3, 0.4) is 0 Å². The minimum absolute atomic E-state index is 0.297. The molecule has 3 nitrogen and oxygen atoms in total. The van der Waals surface area contributed by atoms with Gasteiger partial charge >= 0.3 is 0 Å². The molecule has 1 aliphatic rings. The maximum absolute atomic E-state index is 13.8. The Labute approximate surface area is 171 Å². The van der Waals surface area contributed by atoms with Gasteiger partial charge in [-0.2, -0.15) is 0 Å². The summed E-state index contributed by atoms with van der Waals surface area (Å²) in [5.41, 5.74) is 10.8.